The summed E-state index contributed by atoms with van der Waals surface area (Å²) in [6.45, 7) is 5.45. The zero-order chi connectivity index (χ0) is 17.0. The van der Waals surface area contributed by atoms with Gasteiger partial charge in [0, 0.05) is 11.3 Å². The maximum absolute atomic E-state index is 12.1. The van der Waals surface area contributed by atoms with Crippen molar-refractivity contribution in [3.8, 4) is 0 Å². The van der Waals surface area contributed by atoms with Crippen LogP contribution in [-0.4, -0.2) is 18.2 Å². The summed E-state index contributed by atoms with van der Waals surface area (Å²) in [6, 6.07) is 10.8. The molecule has 120 valence electrons. The maximum atomic E-state index is 12.1. The van der Waals surface area contributed by atoms with Gasteiger partial charge in [0.1, 0.15) is 0 Å². The predicted octanol–water partition coefficient (Wildman–Crippen LogP) is 4.21. The summed E-state index contributed by atoms with van der Waals surface area (Å²) in [5.74, 6) is -0.216. The first kappa shape index (κ1) is 17.0. The Kier molecular flexibility index (Phi) is 5.40. The van der Waals surface area contributed by atoms with Crippen LogP contribution in [0, 0.1) is 13.8 Å². The number of carbonyl (C=O) groups excluding carboxylic acids is 2. The van der Waals surface area contributed by atoms with E-state index in [1.54, 1.807) is 18.2 Å². The molecule has 0 aliphatic rings. The van der Waals surface area contributed by atoms with E-state index in [0.717, 1.165) is 16.8 Å². The van der Waals surface area contributed by atoms with Gasteiger partial charge in [-0.05, 0) is 50.1 Å². The largest absolute Gasteiger partial charge is 0.376 e. The van der Waals surface area contributed by atoms with Crippen LogP contribution in [0.4, 0.5) is 11.4 Å². The topological polar surface area (TPSA) is 58.2 Å². The van der Waals surface area contributed by atoms with Gasteiger partial charge in [-0.2, -0.15) is 0 Å². The zero-order valence-corrected chi connectivity index (χ0v) is 14.1. The molecular formula is C18H19ClN2O2. The van der Waals surface area contributed by atoms with Gasteiger partial charge in [-0.15, -0.1) is 0 Å². The van der Waals surface area contributed by atoms with E-state index in [1.807, 2.05) is 32.0 Å². The first-order valence-corrected chi connectivity index (χ1v) is 7.66. The average molecular weight is 331 g/mol. The molecule has 0 aromatic heterocycles. The summed E-state index contributed by atoms with van der Waals surface area (Å²) >= 11 is 6.18. The summed E-state index contributed by atoms with van der Waals surface area (Å²) in [5, 5.41) is 6.34. The number of rotatable bonds is 5. The summed E-state index contributed by atoms with van der Waals surface area (Å²) in [4.78, 5) is 23.5. The van der Waals surface area contributed by atoms with E-state index in [9.17, 15) is 9.59 Å². The second kappa shape index (κ2) is 7.29. The highest BCUT2D eigenvalue weighted by molar-refractivity contribution is 6.34. The van der Waals surface area contributed by atoms with Crippen molar-refractivity contribution in [1.82, 2.24) is 0 Å². The van der Waals surface area contributed by atoms with Crippen LogP contribution < -0.4 is 10.6 Å². The fourth-order valence-electron chi connectivity index (χ4n) is 2.29. The van der Waals surface area contributed by atoms with Crippen LogP contribution in [0.3, 0.4) is 0 Å². The van der Waals surface area contributed by atoms with Gasteiger partial charge in [0.25, 0.3) is 0 Å². The summed E-state index contributed by atoms with van der Waals surface area (Å²) in [5.41, 5.74) is 3.92. The number of halogens is 1. The average Bonchev–Trinajstić information content (AvgIpc) is 2.49. The molecule has 0 aliphatic carbocycles. The van der Waals surface area contributed by atoms with Crippen LogP contribution in [0.15, 0.2) is 36.4 Å². The number of anilines is 2. The van der Waals surface area contributed by atoms with Crippen LogP contribution >= 0.6 is 11.6 Å². The zero-order valence-electron chi connectivity index (χ0n) is 13.4. The van der Waals surface area contributed by atoms with Crippen LogP contribution in [-0.2, 0) is 4.79 Å². The van der Waals surface area contributed by atoms with Crippen molar-refractivity contribution in [2.75, 3.05) is 17.2 Å². The molecule has 0 bridgehead atoms. The van der Waals surface area contributed by atoms with Crippen LogP contribution in [0.2, 0.25) is 5.02 Å². The standard InChI is InChI=1S/C18H19ClN2O2/c1-11-7-12(2)18(16(19)8-11)21-17(23)10-20-15-6-4-5-14(9-15)13(3)22/h4-9,20H,10H2,1-3H3,(H,21,23). The number of ketones is 1. The molecule has 0 atom stereocenters. The Bertz CT molecular complexity index is 733. The highest BCUT2D eigenvalue weighted by atomic mass is 35.5. The highest BCUT2D eigenvalue weighted by Crippen LogP contribution is 2.27. The number of aryl methyl sites for hydroxylation is 2. The van der Waals surface area contributed by atoms with E-state index >= 15 is 0 Å². The number of carbonyl (C=O) groups is 2. The molecular weight excluding hydrogens is 312 g/mol. The molecule has 5 heteroatoms. The van der Waals surface area contributed by atoms with Gasteiger partial charge in [-0.3, -0.25) is 9.59 Å². The van der Waals surface area contributed by atoms with Crippen molar-refractivity contribution in [3.63, 3.8) is 0 Å². The fourth-order valence-corrected chi connectivity index (χ4v) is 2.66. The van der Waals surface area contributed by atoms with Crippen molar-refractivity contribution in [1.29, 1.82) is 0 Å². The number of hydrogen-bond donors (Lipinski definition) is 2. The van der Waals surface area contributed by atoms with Gasteiger partial charge in [0.15, 0.2) is 5.78 Å². The van der Waals surface area contributed by atoms with Crippen molar-refractivity contribution in [2.24, 2.45) is 0 Å². The van der Waals surface area contributed by atoms with Gasteiger partial charge in [-0.1, -0.05) is 29.8 Å². The molecule has 1 amide bonds. The smallest absolute Gasteiger partial charge is 0.243 e. The third kappa shape index (κ3) is 4.57. The normalized spacial score (nSPS) is 10.3. The molecule has 0 radical (unpaired) electrons. The second-order valence-electron chi connectivity index (χ2n) is 5.48. The lowest BCUT2D eigenvalue weighted by molar-refractivity contribution is -0.114. The summed E-state index contributed by atoms with van der Waals surface area (Å²) in [7, 11) is 0. The van der Waals surface area contributed by atoms with E-state index in [1.165, 1.54) is 6.92 Å². The van der Waals surface area contributed by atoms with Crippen molar-refractivity contribution in [3.05, 3.63) is 58.1 Å². The quantitative estimate of drug-likeness (QED) is 0.807. The first-order valence-electron chi connectivity index (χ1n) is 7.28. The minimum absolute atomic E-state index is 0.0137. The lowest BCUT2D eigenvalue weighted by Gasteiger charge is -2.12. The Morgan fingerprint density at radius 1 is 1.13 bits per heavy atom. The molecule has 2 aromatic carbocycles. The van der Waals surface area contributed by atoms with Gasteiger partial charge >= 0.3 is 0 Å². The number of Topliss-reactive ketones (excluding diaryl/α,β-unsaturated/α-hetero) is 1. The Morgan fingerprint density at radius 3 is 2.52 bits per heavy atom. The van der Waals surface area contributed by atoms with Crippen LogP contribution in [0.1, 0.15) is 28.4 Å². The third-order valence-electron chi connectivity index (χ3n) is 3.42. The second-order valence-corrected chi connectivity index (χ2v) is 5.88. The Morgan fingerprint density at radius 2 is 1.87 bits per heavy atom. The third-order valence-corrected chi connectivity index (χ3v) is 3.72. The van der Waals surface area contributed by atoms with E-state index in [2.05, 4.69) is 10.6 Å². The SMILES string of the molecule is CC(=O)c1cccc(NCC(=O)Nc2c(C)cc(C)cc2Cl)c1. The van der Waals surface area contributed by atoms with Gasteiger partial charge in [0.05, 0.1) is 17.3 Å². The Balaban J connectivity index is 2.01. The molecule has 4 nitrogen and oxygen atoms in total. The van der Waals surface area contributed by atoms with Gasteiger partial charge < -0.3 is 10.6 Å². The molecule has 0 unspecified atom stereocenters. The monoisotopic (exact) mass is 330 g/mol. The number of benzene rings is 2. The molecule has 0 aliphatic heterocycles. The predicted molar refractivity (Wildman–Crippen MR) is 94.5 cm³/mol. The minimum atomic E-state index is -0.202. The lowest BCUT2D eigenvalue weighted by Crippen LogP contribution is -2.22. The summed E-state index contributed by atoms with van der Waals surface area (Å²) in [6.07, 6.45) is 0. The van der Waals surface area contributed by atoms with E-state index in [4.69, 9.17) is 11.6 Å². The Labute approximate surface area is 140 Å². The van der Waals surface area contributed by atoms with E-state index < -0.39 is 0 Å². The molecule has 2 rings (SSSR count). The number of amides is 1. The number of nitrogens with one attached hydrogen (secondary N) is 2. The molecule has 0 saturated heterocycles. The lowest BCUT2D eigenvalue weighted by atomic mass is 10.1. The van der Waals surface area contributed by atoms with E-state index in [0.29, 0.717) is 16.3 Å². The highest BCUT2D eigenvalue weighted by Gasteiger charge is 2.09. The van der Waals surface area contributed by atoms with Crippen LogP contribution in [0.5, 0.6) is 0 Å². The Hall–Kier alpha value is -2.33. The van der Waals surface area contributed by atoms with Crippen molar-refractivity contribution >= 4 is 34.7 Å². The molecule has 0 saturated carbocycles. The molecule has 0 fully saturated rings. The summed E-state index contributed by atoms with van der Waals surface area (Å²) < 4.78 is 0. The molecule has 0 heterocycles. The molecule has 23 heavy (non-hydrogen) atoms. The van der Waals surface area contributed by atoms with Crippen LogP contribution in [0.25, 0.3) is 0 Å². The fraction of sp³-hybridized carbons (Fsp3) is 0.222. The van der Waals surface area contributed by atoms with Crippen molar-refractivity contribution < 1.29 is 9.59 Å². The van der Waals surface area contributed by atoms with Crippen molar-refractivity contribution in [2.45, 2.75) is 20.8 Å². The maximum Gasteiger partial charge on any atom is 0.243 e. The van der Waals surface area contributed by atoms with E-state index in [-0.39, 0.29) is 18.2 Å². The van der Waals surface area contributed by atoms with Gasteiger partial charge in [0.2, 0.25) is 5.91 Å². The molecule has 2 N–H and O–H groups in total. The minimum Gasteiger partial charge on any atom is -0.376 e. The molecule has 2 aromatic rings. The number of hydrogen-bond acceptors (Lipinski definition) is 3. The van der Waals surface area contributed by atoms with Gasteiger partial charge in [-0.25, -0.2) is 0 Å². The first-order chi connectivity index (χ1) is 10.9. The molecule has 0 spiro atoms.